The summed E-state index contributed by atoms with van der Waals surface area (Å²) >= 11 is 1.18. The standard InChI is InChI=1S/C25H24N4O4S/c1-15-9-10-22(26-14-15)29-24(31)20-7-5-6-8-21(20)28-25(29)34-16(2)23(30)27-17-11-18(32-3)13-19(12-17)33-4/h5-14,16H,1-4H3,(H,27,30). The van der Waals surface area contributed by atoms with Gasteiger partial charge in [0, 0.05) is 30.1 Å². The number of carbonyl (C=O) groups excluding carboxylic acids is 1. The molecule has 0 aliphatic carbocycles. The molecular formula is C25H24N4O4S. The third-order valence-electron chi connectivity index (χ3n) is 5.14. The molecule has 4 aromatic rings. The van der Waals surface area contributed by atoms with Crippen LogP contribution in [0.4, 0.5) is 5.69 Å². The average molecular weight is 477 g/mol. The highest BCUT2D eigenvalue weighted by molar-refractivity contribution is 8.00. The van der Waals surface area contributed by atoms with Crippen LogP contribution in [0.5, 0.6) is 11.5 Å². The number of anilines is 1. The van der Waals surface area contributed by atoms with Crippen molar-refractivity contribution in [1.82, 2.24) is 14.5 Å². The minimum Gasteiger partial charge on any atom is -0.497 e. The zero-order valence-corrected chi connectivity index (χ0v) is 20.1. The number of hydrogen-bond acceptors (Lipinski definition) is 7. The van der Waals surface area contributed by atoms with Gasteiger partial charge in [0.25, 0.3) is 5.56 Å². The van der Waals surface area contributed by atoms with E-state index in [4.69, 9.17) is 9.47 Å². The molecule has 1 amide bonds. The lowest BCUT2D eigenvalue weighted by Gasteiger charge is -2.16. The first-order valence-corrected chi connectivity index (χ1v) is 11.4. The third kappa shape index (κ3) is 4.89. The van der Waals surface area contributed by atoms with Crippen molar-refractivity contribution in [3.8, 4) is 17.3 Å². The first-order chi connectivity index (χ1) is 16.4. The molecule has 2 aromatic carbocycles. The molecular weight excluding hydrogens is 452 g/mol. The molecule has 0 saturated heterocycles. The van der Waals surface area contributed by atoms with Gasteiger partial charge in [0.2, 0.25) is 5.91 Å². The maximum atomic E-state index is 13.4. The van der Waals surface area contributed by atoms with Crippen molar-refractivity contribution >= 4 is 34.3 Å². The molecule has 2 heterocycles. The van der Waals surface area contributed by atoms with Crippen LogP contribution < -0.4 is 20.3 Å². The van der Waals surface area contributed by atoms with Gasteiger partial charge in [-0.2, -0.15) is 0 Å². The number of methoxy groups -OCH3 is 2. The highest BCUT2D eigenvalue weighted by Gasteiger charge is 2.21. The highest BCUT2D eigenvalue weighted by atomic mass is 32.2. The Kier molecular flexibility index (Phi) is 6.83. The summed E-state index contributed by atoms with van der Waals surface area (Å²) in [6.07, 6.45) is 1.69. The zero-order chi connectivity index (χ0) is 24.2. The van der Waals surface area contributed by atoms with Crippen molar-refractivity contribution in [3.05, 3.63) is 76.7 Å². The number of rotatable bonds is 7. The molecule has 8 nitrogen and oxygen atoms in total. The number of hydrogen-bond donors (Lipinski definition) is 1. The predicted octanol–water partition coefficient (Wildman–Crippen LogP) is 4.23. The van der Waals surface area contributed by atoms with Crippen LogP contribution in [-0.4, -0.2) is 39.9 Å². The zero-order valence-electron chi connectivity index (χ0n) is 19.2. The summed E-state index contributed by atoms with van der Waals surface area (Å²) in [7, 11) is 3.09. The maximum Gasteiger partial charge on any atom is 0.267 e. The van der Waals surface area contributed by atoms with E-state index in [0.717, 1.165) is 5.56 Å². The first kappa shape index (κ1) is 23.3. The van der Waals surface area contributed by atoms with Crippen LogP contribution in [0, 0.1) is 6.92 Å². The van der Waals surface area contributed by atoms with Crippen LogP contribution in [0.25, 0.3) is 16.7 Å². The normalized spacial score (nSPS) is 11.8. The van der Waals surface area contributed by atoms with Gasteiger partial charge in [-0.1, -0.05) is 30.0 Å². The fraction of sp³-hybridized carbons (Fsp3) is 0.200. The number of benzene rings is 2. The lowest BCUT2D eigenvalue weighted by Crippen LogP contribution is -2.26. The van der Waals surface area contributed by atoms with Gasteiger partial charge in [-0.05, 0) is 37.6 Å². The number of para-hydroxylation sites is 1. The van der Waals surface area contributed by atoms with Gasteiger partial charge in [-0.15, -0.1) is 0 Å². The Bertz CT molecular complexity index is 1380. The van der Waals surface area contributed by atoms with E-state index in [2.05, 4.69) is 15.3 Å². The van der Waals surface area contributed by atoms with Gasteiger partial charge < -0.3 is 14.8 Å². The summed E-state index contributed by atoms with van der Waals surface area (Å²) in [5.74, 6) is 1.31. The van der Waals surface area contributed by atoms with Crippen LogP contribution in [0.2, 0.25) is 0 Å². The molecule has 0 aliphatic rings. The van der Waals surface area contributed by atoms with Gasteiger partial charge in [0.1, 0.15) is 17.3 Å². The number of nitrogens with one attached hydrogen (secondary N) is 1. The Morgan fingerprint density at radius 3 is 2.41 bits per heavy atom. The molecule has 174 valence electrons. The van der Waals surface area contributed by atoms with E-state index < -0.39 is 5.25 Å². The fourth-order valence-electron chi connectivity index (χ4n) is 3.32. The topological polar surface area (TPSA) is 95.3 Å². The van der Waals surface area contributed by atoms with E-state index in [1.165, 1.54) is 16.3 Å². The molecule has 1 unspecified atom stereocenters. The summed E-state index contributed by atoms with van der Waals surface area (Å²) in [6, 6.07) is 15.9. The molecule has 0 bridgehead atoms. The molecule has 0 spiro atoms. The van der Waals surface area contributed by atoms with Crippen LogP contribution in [0.1, 0.15) is 12.5 Å². The number of pyridine rings is 1. The Balaban J connectivity index is 1.68. The molecule has 0 aliphatic heterocycles. The third-order valence-corrected chi connectivity index (χ3v) is 6.19. The largest absolute Gasteiger partial charge is 0.497 e. The molecule has 4 rings (SSSR count). The molecule has 0 fully saturated rings. The van der Waals surface area contributed by atoms with E-state index in [0.29, 0.717) is 39.1 Å². The van der Waals surface area contributed by atoms with Crippen molar-refractivity contribution in [3.63, 3.8) is 0 Å². The molecule has 2 aromatic heterocycles. The van der Waals surface area contributed by atoms with Crippen LogP contribution >= 0.6 is 11.8 Å². The molecule has 0 radical (unpaired) electrons. The van der Waals surface area contributed by atoms with E-state index in [1.54, 1.807) is 69.8 Å². The minimum absolute atomic E-state index is 0.241. The molecule has 1 atom stereocenters. The number of fused-ring (bicyclic) bond motifs is 1. The van der Waals surface area contributed by atoms with Crippen LogP contribution in [0.3, 0.4) is 0 Å². The number of carbonyl (C=O) groups is 1. The second-order valence-corrected chi connectivity index (χ2v) is 8.90. The first-order valence-electron chi connectivity index (χ1n) is 10.5. The summed E-state index contributed by atoms with van der Waals surface area (Å²) in [5.41, 5.74) is 1.83. The van der Waals surface area contributed by atoms with E-state index in [9.17, 15) is 9.59 Å². The summed E-state index contributed by atoms with van der Waals surface area (Å²) in [6.45, 7) is 3.68. The van der Waals surface area contributed by atoms with Gasteiger partial charge in [-0.3, -0.25) is 9.59 Å². The van der Waals surface area contributed by atoms with Crippen molar-refractivity contribution in [2.75, 3.05) is 19.5 Å². The van der Waals surface area contributed by atoms with Crippen LogP contribution in [0.15, 0.2) is 70.7 Å². The second kappa shape index (κ2) is 9.96. The highest BCUT2D eigenvalue weighted by Crippen LogP contribution is 2.28. The lowest BCUT2D eigenvalue weighted by molar-refractivity contribution is -0.115. The quantitative estimate of drug-likeness (QED) is 0.315. The molecule has 0 saturated carbocycles. The Hall–Kier alpha value is -3.85. The second-order valence-electron chi connectivity index (χ2n) is 7.60. The number of amides is 1. The summed E-state index contributed by atoms with van der Waals surface area (Å²) in [4.78, 5) is 35.5. The molecule has 1 N–H and O–H groups in total. The Morgan fingerprint density at radius 2 is 1.76 bits per heavy atom. The van der Waals surface area contributed by atoms with Crippen molar-refractivity contribution in [2.45, 2.75) is 24.3 Å². The average Bonchev–Trinajstić information content (AvgIpc) is 2.84. The summed E-state index contributed by atoms with van der Waals surface area (Å²) < 4.78 is 12.0. The van der Waals surface area contributed by atoms with Gasteiger partial charge in [0.05, 0.1) is 30.4 Å². The summed E-state index contributed by atoms with van der Waals surface area (Å²) in [5, 5.41) is 3.17. The number of thioether (sulfide) groups is 1. The number of aryl methyl sites for hydroxylation is 1. The predicted molar refractivity (Wildman–Crippen MR) is 133 cm³/mol. The minimum atomic E-state index is -0.568. The van der Waals surface area contributed by atoms with Gasteiger partial charge in [-0.25, -0.2) is 14.5 Å². The number of aromatic nitrogens is 3. The number of nitrogens with zero attached hydrogens (tertiary/aromatic N) is 3. The fourth-order valence-corrected chi connectivity index (χ4v) is 4.24. The van der Waals surface area contributed by atoms with E-state index in [1.807, 2.05) is 19.1 Å². The van der Waals surface area contributed by atoms with Crippen molar-refractivity contribution in [2.24, 2.45) is 0 Å². The molecule has 9 heteroatoms. The maximum absolute atomic E-state index is 13.4. The van der Waals surface area contributed by atoms with Crippen molar-refractivity contribution in [1.29, 1.82) is 0 Å². The Morgan fingerprint density at radius 1 is 1.06 bits per heavy atom. The van der Waals surface area contributed by atoms with Crippen molar-refractivity contribution < 1.29 is 14.3 Å². The van der Waals surface area contributed by atoms with Crippen LogP contribution in [-0.2, 0) is 4.79 Å². The Labute approximate surface area is 201 Å². The monoisotopic (exact) mass is 476 g/mol. The smallest absolute Gasteiger partial charge is 0.267 e. The number of ether oxygens (including phenoxy) is 2. The molecule has 34 heavy (non-hydrogen) atoms. The lowest BCUT2D eigenvalue weighted by atomic mass is 10.2. The van der Waals surface area contributed by atoms with E-state index >= 15 is 0 Å². The van der Waals surface area contributed by atoms with Gasteiger partial charge in [0.15, 0.2) is 5.16 Å². The van der Waals surface area contributed by atoms with Gasteiger partial charge >= 0.3 is 0 Å². The van der Waals surface area contributed by atoms with E-state index in [-0.39, 0.29) is 11.5 Å². The SMILES string of the molecule is COc1cc(NC(=O)C(C)Sc2nc3ccccc3c(=O)n2-c2ccc(C)cn2)cc(OC)c1.